The van der Waals surface area contributed by atoms with E-state index >= 15 is 0 Å². The van der Waals surface area contributed by atoms with E-state index < -0.39 is 70.0 Å². The summed E-state index contributed by atoms with van der Waals surface area (Å²) in [5.74, 6) is -51.6. The largest absolute Gasteiger partial charge is 1.00 e. The number of rotatable bonds is 12. The molecule has 0 aromatic carbocycles. The fourth-order valence-corrected chi connectivity index (χ4v) is 2.95. The Balaban J connectivity index is 0. The molecule has 0 bridgehead atoms. The van der Waals surface area contributed by atoms with Gasteiger partial charge in [-0.15, -0.1) is 6.54 Å². The van der Waals surface area contributed by atoms with Gasteiger partial charge >= 0.3 is 98.4 Å². The van der Waals surface area contributed by atoms with E-state index in [0.717, 1.165) is 0 Å². The van der Waals surface area contributed by atoms with Gasteiger partial charge in [0.1, 0.15) is 10.0 Å². The zero-order valence-corrected chi connectivity index (χ0v) is 21.6. The molecule has 0 fully saturated rings. The molecule has 23 heteroatoms. The molecule has 212 valence electrons. The Kier molecular flexibility index (Phi) is 11.8. The second-order valence-electron chi connectivity index (χ2n) is 6.95. The van der Waals surface area contributed by atoms with Gasteiger partial charge in [0.05, 0.1) is 0 Å². The Morgan fingerprint density at radius 1 is 0.583 bits per heavy atom. The molecule has 0 unspecified atom stereocenters. The molecular formula is C13H12F17KN2O2S. The maximum atomic E-state index is 13.7. The van der Waals surface area contributed by atoms with Crippen LogP contribution in [0.25, 0.3) is 4.72 Å². The summed E-state index contributed by atoms with van der Waals surface area (Å²) in [5.41, 5.74) is 0. The SMILES string of the molecule is CN(C)CCC[N-]S(=O)(=O)C(F)(F)C(F)(F)C(F)(F)C(F)(F)C(F)(F)C(F)(F)C(F)(F)C(F)(F)F.[K+]. The minimum atomic E-state index is -8.84. The maximum absolute atomic E-state index is 13.7. The van der Waals surface area contributed by atoms with Gasteiger partial charge in [0.25, 0.3) is 0 Å². The van der Waals surface area contributed by atoms with E-state index in [1.165, 1.54) is 19.0 Å². The summed E-state index contributed by atoms with van der Waals surface area (Å²) in [6.07, 6.45) is -8.45. The van der Waals surface area contributed by atoms with Gasteiger partial charge in [0.2, 0.25) is 0 Å². The van der Waals surface area contributed by atoms with Crippen LogP contribution in [0.2, 0.25) is 0 Å². The van der Waals surface area contributed by atoms with E-state index in [2.05, 4.69) is 0 Å². The minimum absolute atomic E-state index is 0. The summed E-state index contributed by atoms with van der Waals surface area (Å²) in [6.45, 7) is -1.62. The van der Waals surface area contributed by atoms with Crippen molar-refractivity contribution in [2.24, 2.45) is 0 Å². The first kappa shape index (κ1) is 38.5. The standard InChI is InChI=1S/C13H12F17N2O2S.K/c1-32(2)5-3-4-31-35(33,34)13(29,30)11(24,25)9(20,21)7(16,17)6(14,15)8(18,19)10(22,23)12(26,27)28;/h3-5H2,1-2H3;/q-1;+1. The van der Waals surface area contributed by atoms with Crippen molar-refractivity contribution >= 4 is 10.0 Å². The van der Waals surface area contributed by atoms with Crippen molar-refractivity contribution in [1.82, 2.24) is 4.90 Å². The fourth-order valence-electron chi connectivity index (χ4n) is 1.96. The van der Waals surface area contributed by atoms with Crippen LogP contribution in [0.1, 0.15) is 6.42 Å². The average Bonchev–Trinajstić information content (AvgIpc) is 2.62. The predicted octanol–water partition coefficient (Wildman–Crippen LogP) is 2.61. The molecular weight excluding hydrogens is 610 g/mol. The van der Waals surface area contributed by atoms with Gasteiger partial charge in [-0.05, 0) is 20.6 Å². The molecule has 0 rings (SSSR count). The maximum Gasteiger partial charge on any atom is 1.00 e. The summed E-state index contributed by atoms with van der Waals surface area (Å²) < 4.78 is 247. The molecule has 4 nitrogen and oxygen atoms in total. The smallest absolute Gasteiger partial charge is 0.544 e. The van der Waals surface area contributed by atoms with Gasteiger partial charge < -0.3 is 9.62 Å². The summed E-state index contributed by atoms with van der Waals surface area (Å²) >= 11 is 0. The van der Waals surface area contributed by atoms with Crippen molar-refractivity contribution in [2.45, 2.75) is 53.4 Å². The van der Waals surface area contributed by atoms with Crippen molar-refractivity contribution in [3.63, 3.8) is 0 Å². The van der Waals surface area contributed by atoms with Crippen LogP contribution in [-0.2, 0) is 10.0 Å². The first-order chi connectivity index (χ1) is 14.9. The van der Waals surface area contributed by atoms with Crippen LogP contribution in [0.4, 0.5) is 74.6 Å². The van der Waals surface area contributed by atoms with Crippen LogP contribution in [0.15, 0.2) is 0 Å². The zero-order valence-electron chi connectivity index (χ0n) is 17.7. The second kappa shape index (κ2) is 11.1. The van der Waals surface area contributed by atoms with E-state index in [4.69, 9.17) is 0 Å². The topological polar surface area (TPSA) is 51.5 Å². The first-order valence-electron chi connectivity index (χ1n) is 8.21. The normalized spacial score (nSPS) is 15.8. The molecule has 0 radical (unpaired) electrons. The Bertz CT molecular complexity index is 857. The fraction of sp³-hybridized carbons (Fsp3) is 1.00. The van der Waals surface area contributed by atoms with E-state index in [1.54, 1.807) is 0 Å². The third kappa shape index (κ3) is 5.90. The average molecular weight is 622 g/mol. The Hall–Kier alpha value is 0.316. The van der Waals surface area contributed by atoms with Gasteiger partial charge in [-0.2, -0.15) is 74.6 Å². The quantitative estimate of drug-likeness (QED) is 0.191. The third-order valence-electron chi connectivity index (χ3n) is 4.04. The molecule has 0 aliphatic rings. The summed E-state index contributed by atoms with van der Waals surface area (Å²) in [6, 6.07) is 0. The predicted molar refractivity (Wildman–Crippen MR) is 81.0 cm³/mol. The number of sulfonamides is 1. The molecule has 0 saturated heterocycles. The zero-order chi connectivity index (χ0) is 28.9. The number of hydrogen-bond acceptors (Lipinski definition) is 3. The van der Waals surface area contributed by atoms with Crippen LogP contribution in [0, 0.1) is 0 Å². The van der Waals surface area contributed by atoms with E-state index in [1.807, 2.05) is 4.72 Å². The molecule has 0 N–H and O–H groups in total. The van der Waals surface area contributed by atoms with Crippen LogP contribution in [0.5, 0.6) is 0 Å². The van der Waals surface area contributed by atoms with Crippen molar-refractivity contribution < 1.29 is 134 Å². The summed E-state index contributed by atoms with van der Waals surface area (Å²) in [7, 11) is -4.76. The molecule has 0 aliphatic heterocycles. The van der Waals surface area contributed by atoms with E-state index in [9.17, 15) is 83.1 Å². The molecule has 0 amide bonds. The molecule has 0 aromatic rings. The van der Waals surface area contributed by atoms with E-state index in [-0.39, 0.29) is 57.9 Å². The number of halogens is 17. The molecule has 0 saturated carbocycles. The Morgan fingerprint density at radius 3 is 1.19 bits per heavy atom. The van der Waals surface area contributed by atoms with E-state index in [0.29, 0.717) is 0 Å². The van der Waals surface area contributed by atoms with Crippen LogP contribution < -0.4 is 51.4 Å². The monoisotopic (exact) mass is 622 g/mol. The van der Waals surface area contributed by atoms with Crippen molar-refractivity contribution in [2.75, 3.05) is 27.2 Å². The molecule has 36 heavy (non-hydrogen) atoms. The Morgan fingerprint density at radius 2 is 0.889 bits per heavy atom. The third-order valence-corrected chi connectivity index (χ3v) is 5.47. The molecule has 0 heterocycles. The van der Waals surface area contributed by atoms with Crippen LogP contribution >= 0.6 is 0 Å². The van der Waals surface area contributed by atoms with Crippen molar-refractivity contribution in [3.05, 3.63) is 4.72 Å². The van der Waals surface area contributed by atoms with Gasteiger partial charge in [-0.3, -0.25) is 0 Å². The summed E-state index contributed by atoms with van der Waals surface area (Å²) in [5, 5.41) is -7.58. The van der Waals surface area contributed by atoms with Gasteiger partial charge in [0.15, 0.2) is 0 Å². The molecule has 0 aromatic heterocycles. The van der Waals surface area contributed by atoms with Gasteiger partial charge in [-0.1, -0.05) is 6.42 Å². The number of alkyl halides is 17. The first-order valence-corrected chi connectivity index (χ1v) is 9.65. The van der Waals surface area contributed by atoms with Crippen molar-refractivity contribution in [1.29, 1.82) is 0 Å². The molecule has 0 aliphatic carbocycles. The van der Waals surface area contributed by atoms with Crippen molar-refractivity contribution in [3.8, 4) is 0 Å². The van der Waals surface area contributed by atoms with Gasteiger partial charge in [-0.25, -0.2) is 8.42 Å². The number of nitrogens with zero attached hydrogens (tertiary/aromatic N) is 2. The number of hydrogen-bond donors (Lipinski definition) is 0. The Labute approximate surface area is 233 Å². The summed E-state index contributed by atoms with van der Waals surface area (Å²) in [4.78, 5) is 1.21. The van der Waals surface area contributed by atoms with Crippen LogP contribution in [0.3, 0.4) is 0 Å². The van der Waals surface area contributed by atoms with Crippen LogP contribution in [-0.4, -0.2) is 87.5 Å². The molecule has 0 spiro atoms. The molecule has 0 atom stereocenters. The minimum Gasteiger partial charge on any atom is -0.544 e. The second-order valence-corrected chi connectivity index (χ2v) is 8.67. The van der Waals surface area contributed by atoms with Gasteiger partial charge in [0, 0.05) is 0 Å².